The summed E-state index contributed by atoms with van der Waals surface area (Å²) in [5.74, 6) is 0.720. The molecule has 140 valence electrons. The van der Waals surface area contributed by atoms with Crippen LogP contribution in [0.2, 0.25) is 0 Å². The van der Waals surface area contributed by atoms with E-state index in [0.717, 1.165) is 17.9 Å². The highest BCUT2D eigenvalue weighted by molar-refractivity contribution is 7.07. The summed E-state index contributed by atoms with van der Waals surface area (Å²) in [7, 11) is 0. The molecule has 2 heterocycles. The number of hydrogen-bond acceptors (Lipinski definition) is 4. The van der Waals surface area contributed by atoms with Crippen LogP contribution < -0.4 is 5.32 Å². The first-order valence-corrected chi connectivity index (χ1v) is 10.2. The minimum Gasteiger partial charge on any atom is -0.309 e. The number of hydrogen-bond donors (Lipinski definition) is 1. The topological polar surface area (TPSA) is 50.2 Å². The van der Waals surface area contributed by atoms with Gasteiger partial charge in [0.25, 0.3) is 0 Å². The summed E-state index contributed by atoms with van der Waals surface area (Å²) >= 11 is 1.70. The van der Waals surface area contributed by atoms with E-state index < -0.39 is 0 Å². The summed E-state index contributed by atoms with van der Waals surface area (Å²) < 4.78 is 1.80. The monoisotopic (exact) mass is 380 g/mol. The lowest BCUT2D eigenvalue weighted by atomic mass is 10.2. The van der Waals surface area contributed by atoms with Crippen molar-refractivity contribution >= 4 is 23.1 Å². The van der Waals surface area contributed by atoms with Crippen LogP contribution in [0.25, 0.3) is 5.69 Å². The molecule has 0 saturated heterocycles. The third-order valence-electron chi connectivity index (χ3n) is 4.75. The van der Waals surface area contributed by atoms with Gasteiger partial charge in [-0.25, -0.2) is 4.68 Å². The van der Waals surface area contributed by atoms with E-state index in [2.05, 4.69) is 39.1 Å². The van der Waals surface area contributed by atoms with E-state index in [9.17, 15) is 4.79 Å². The maximum atomic E-state index is 12.7. The lowest BCUT2D eigenvalue weighted by Gasteiger charge is -2.21. The smallest absolute Gasteiger partial charge is 0.239 e. The Morgan fingerprint density at radius 1 is 1.26 bits per heavy atom. The van der Waals surface area contributed by atoms with Gasteiger partial charge in [-0.1, -0.05) is 17.7 Å². The molecule has 1 N–H and O–H groups in total. The van der Waals surface area contributed by atoms with Crippen molar-refractivity contribution in [2.75, 3.05) is 11.9 Å². The van der Waals surface area contributed by atoms with Crippen LogP contribution in [0.5, 0.6) is 0 Å². The molecule has 0 bridgehead atoms. The first-order valence-electron chi connectivity index (χ1n) is 9.27. The number of benzene rings is 1. The molecular weight excluding hydrogens is 356 g/mol. The number of amides is 1. The Balaban J connectivity index is 1.47. The van der Waals surface area contributed by atoms with Crippen molar-refractivity contribution in [2.24, 2.45) is 0 Å². The van der Waals surface area contributed by atoms with Crippen molar-refractivity contribution in [3.05, 3.63) is 64.0 Å². The fraction of sp³-hybridized carbons (Fsp3) is 0.333. The van der Waals surface area contributed by atoms with Crippen LogP contribution in [0, 0.1) is 13.8 Å². The van der Waals surface area contributed by atoms with Gasteiger partial charge >= 0.3 is 0 Å². The van der Waals surface area contributed by atoms with Crippen molar-refractivity contribution in [3.8, 4) is 5.69 Å². The summed E-state index contributed by atoms with van der Waals surface area (Å²) in [6.07, 6.45) is 2.36. The van der Waals surface area contributed by atoms with E-state index in [1.165, 1.54) is 24.0 Å². The van der Waals surface area contributed by atoms with Crippen LogP contribution in [-0.2, 0) is 11.3 Å². The number of anilines is 1. The van der Waals surface area contributed by atoms with Gasteiger partial charge in [0.2, 0.25) is 5.91 Å². The van der Waals surface area contributed by atoms with Crippen LogP contribution in [0.4, 0.5) is 5.82 Å². The van der Waals surface area contributed by atoms with Crippen LogP contribution in [0.3, 0.4) is 0 Å². The Morgan fingerprint density at radius 2 is 2.04 bits per heavy atom. The highest BCUT2D eigenvalue weighted by Crippen LogP contribution is 2.28. The number of thiophene rings is 1. The minimum atomic E-state index is 0.00499. The largest absolute Gasteiger partial charge is 0.309 e. The van der Waals surface area contributed by atoms with Gasteiger partial charge in [0.15, 0.2) is 0 Å². The molecule has 0 spiro atoms. The van der Waals surface area contributed by atoms with E-state index in [1.807, 2.05) is 37.3 Å². The molecule has 0 aliphatic heterocycles. The molecule has 1 saturated carbocycles. The average molecular weight is 381 g/mol. The Bertz CT molecular complexity index is 910. The van der Waals surface area contributed by atoms with Gasteiger partial charge in [0.1, 0.15) is 5.82 Å². The van der Waals surface area contributed by atoms with Crippen molar-refractivity contribution < 1.29 is 4.79 Å². The number of carbonyl (C=O) groups excluding carboxylic acids is 1. The molecule has 5 nitrogen and oxygen atoms in total. The molecule has 1 aliphatic rings. The molecule has 0 unspecified atom stereocenters. The zero-order valence-corrected chi connectivity index (χ0v) is 16.5. The maximum absolute atomic E-state index is 12.7. The minimum absolute atomic E-state index is 0.00499. The van der Waals surface area contributed by atoms with E-state index in [1.54, 1.807) is 16.0 Å². The molecule has 1 aliphatic carbocycles. The SMILES string of the molecule is Cc1ccc(-n2nc(C)cc2NC(=O)CN(Cc2ccsc2)C2CC2)cc1. The van der Waals surface area contributed by atoms with Gasteiger partial charge < -0.3 is 5.32 Å². The highest BCUT2D eigenvalue weighted by Gasteiger charge is 2.30. The van der Waals surface area contributed by atoms with E-state index in [4.69, 9.17) is 0 Å². The molecule has 3 aromatic rings. The molecule has 1 amide bonds. The normalized spacial score (nSPS) is 13.9. The summed E-state index contributed by atoms with van der Waals surface area (Å²) in [6.45, 7) is 5.23. The van der Waals surface area contributed by atoms with E-state index in [0.29, 0.717) is 18.4 Å². The molecule has 1 fully saturated rings. The third kappa shape index (κ3) is 4.46. The second kappa shape index (κ2) is 7.66. The zero-order valence-electron chi connectivity index (χ0n) is 15.7. The Hall–Kier alpha value is -2.44. The van der Waals surface area contributed by atoms with Crippen LogP contribution >= 0.6 is 11.3 Å². The Labute approximate surface area is 163 Å². The number of nitrogens with zero attached hydrogens (tertiary/aromatic N) is 3. The standard InChI is InChI=1S/C21H24N4OS/c1-15-3-5-19(6-4-15)25-20(11-16(2)23-25)22-21(26)13-24(18-7-8-18)12-17-9-10-27-14-17/h3-6,9-11,14,18H,7-8,12-13H2,1-2H3,(H,22,26). The van der Waals surface area contributed by atoms with Crippen LogP contribution in [0.15, 0.2) is 47.2 Å². The Morgan fingerprint density at radius 3 is 2.70 bits per heavy atom. The van der Waals surface area contributed by atoms with Gasteiger partial charge in [-0.15, -0.1) is 0 Å². The van der Waals surface area contributed by atoms with Gasteiger partial charge in [0, 0.05) is 18.7 Å². The number of nitrogens with one attached hydrogen (secondary N) is 1. The van der Waals surface area contributed by atoms with Crippen LogP contribution in [0.1, 0.15) is 29.7 Å². The summed E-state index contributed by atoms with van der Waals surface area (Å²) in [4.78, 5) is 15.0. The predicted molar refractivity (Wildman–Crippen MR) is 109 cm³/mol. The third-order valence-corrected chi connectivity index (χ3v) is 5.49. The van der Waals surface area contributed by atoms with E-state index >= 15 is 0 Å². The number of carbonyl (C=O) groups is 1. The highest BCUT2D eigenvalue weighted by atomic mass is 32.1. The van der Waals surface area contributed by atoms with Crippen molar-refractivity contribution in [3.63, 3.8) is 0 Å². The lowest BCUT2D eigenvalue weighted by molar-refractivity contribution is -0.117. The number of aromatic nitrogens is 2. The first kappa shape index (κ1) is 17.9. The quantitative estimate of drug-likeness (QED) is 0.670. The van der Waals surface area contributed by atoms with Crippen molar-refractivity contribution in [2.45, 2.75) is 39.3 Å². The van der Waals surface area contributed by atoms with E-state index in [-0.39, 0.29) is 5.91 Å². The molecule has 6 heteroatoms. The predicted octanol–water partition coefficient (Wildman–Crippen LogP) is 4.15. The number of aryl methyl sites for hydroxylation is 2. The second-order valence-corrected chi connectivity index (χ2v) is 8.01. The first-order chi connectivity index (χ1) is 13.1. The maximum Gasteiger partial charge on any atom is 0.239 e. The molecular formula is C21H24N4OS. The molecule has 0 radical (unpaired) electrons. The van der Waals surface area contributed by atoms with Gasteiger partial charge in [-0.05, 0) is 61.2 Å². The fourth-order valence-corrected chi connectivity index (χ4v) is 3.87. The number of rotatable bonds is 7. The average Bonchev–Trinajstić information content (AvgIpc) is 3.25. The zero-order chi connectivity index (χ0) is 18.8. The van der Waals surface area contributed by atoms with Gasteiger partial charge in [-0.2, -0.15) is 16.4 Å². The second-order valence-electron chi connectivity index (χ2n) is 7.23. The van der Waals surface area contributed by atoms with Crippen LogP contribution in [-0.4, -0.2) is 33.2 Å². The molecule has 0 atom stereocenters. The molecule has 2 aromatic heterocycles. The van der Waals surface area contributed by atoms with Gasteiger partial charge in [-0.3, -0.25) is 9.69 Å². The fourth-order valence-electron chi connectivity index (χ4n) is 3.21. The lowest BCUT2D eigenvalue weighted by Crippen LogP contribution is -2.34. The molecule has 27 heavy (non-hydrogen) atoms. The van der Waals surface area contributed by atoms with Crippen molar-refractivity contribution in [1.29, 1.82) is 0 Å². The van der Waals surface area contributed by atoms with Gasteiger partial charge in [0.05, 0.1) is 17.9 Å². The molecule has 4 rings (SSSR count). The summed E-state index contributed by atoms with van der Waals surface area (Å²) in [5.41, 5.74) is 4.30. The van der Waals surface area contributed by atoms with Crippen molar-refractivity contribution in [1.82, 2.24) is 14.7 Å². The summed E-state index contributed by atoms with van der Waals surface area (Å²) in [6, 6.07) is 12.7. The Kier molecular flexibility index (Phi) is 5.09. The molecule has 1 aromatic carbocycles. The summed E-state index contributed by atoms with van der Waals surface area (Å²) in [5, 5.41) is 11.8.